The molecule has 0 N–H and O–H groups in total. The number of allylic oxidation sites excluding steroid dienone is 10. The lowest BCUT2D eigenvalue weighted by Gasteiger charge is -2.42. The topological polar surface area (TPSA) is 0 Å². The minimum Gasteiger partial charge on any atom is -0.0823 e. The highest BCUT2D eigenvalue weighted by Crippen LogP contribution is 2.81. The second-order valence-corrected chi connectivity index (χ2v) is 5.59. The molecule has 18 heavy (non-hydrogen) atoms. The van der Waals surface area contributed by atoms with E-state index in [1.807, 2.05) is 12.1 Å². The second-order valence-electron chi connectivity index (χ2n) is 5.59. The predicted octanol–water partition coefficient (Wildman–Crippen LogP) is 3.56. The summed E-state index contributed by atoms with van der Waals surface area (Å²) in [7, 11) is 0. The summed E-state index contributed by atoms with van der Waals surface area (Å²) in [5.41, 5.74) is 12.1. The largest absolute Gasteiger partial charge is 0.0823 e. The quantitative estimate of drug-likeness (QED) is 0.684. The van der Waals surface area contributed by atoms with E-state index in [-0.39, 0.29) is 5.41 Å². The molecule has 1 unspecified atom stereocenters. The number of hydrogen-bond acceptors (Lipinski definition) is 0. The van der Waals surface area contributed by atoms with Crippen molar-refractivity contribution >= 4 is 5.57 Å². The van der Waals surface area contributed by atoms with Crippen LogP contribution < -0.4 is 0 Å². The molecule has 80 valence electrons. The molecule has 0 nitrogen and oxygen atoms in total. The normalized spacial score (nSPS) is 31.9. The van der Waals surface area contributed by atoms with Gasteiger partial charge < -0.3 is 0 Å². The van der Waals surface area contributed by atoms with Crippen molar-refractivity contribution in [1.29, 1.82) is 0 Å². The Morgan fingerprint density at radius 1 is 1.06 bits per heavy atom. The number of benzene rings is 1. The molecule has 0 amide bonds. The van der Waals surface area contributed by atoms with Crippen LogP contribution in [-0.2, 0) is 0 Å². The van der Waals surface area contributed by atoms with Crippen molar-refractivity contribution in [2.45, 2.75) is 6.42 Å². The van der Waals surface area contributed by atoms with Crippen molar-refractivity contribution in [2.24, 2.45) is 5.41 Å². The van der Waals surface area contributed by atoms with E-state index < -0.39 is 0 Å². The zero-order valence-electron chi connectivity index (χ0n) is 9.67. The van der Waals surface area contributed by atoms with E-state index in [1.165, 1.54) is 33.4 Å². The van der Waals surface area contributed by atoms with Gasteiger partial charge in [0.05, 0.1) is 5.41 Å². The lowest BCUT2D eigenvalue weighted by molar-refractivity contribution is 0.645. The van der Waals surface area contributed by atoms with Crippen molar-refractivity contribution in [2.75, 3.05) is 0 Å². The van der Waals surface area contributed by atoms with Crippen molar-refractivity contribution in [1.82, 2.24) is 0 Å². The molecule has 6 aliphatic rings. The van der Waals surface area contributed by atoms with Gasteiger partial charge in [0.1, 0.15) is 0 Å². The van der Waals surface area contributed by atoms with Crippen molar-refractivity contribution in [3.8, 4) is 0 Å². The van der Waals surface area contributed by atoms with E-state index in [0.29, 0.717) is 0 Å². The van der Waals surface area contributed by atoms with Crippen LogP contribution in [0.4, 0.5) is 0 Å². The Kier molecular flexibility index (Phi) is 0.954. The standard InChI is InChI=1S/C18H8/c1-2-5-10(6-3-1)14-15-11-7-4-8-18-13(17(14)18)9-12(15)16(11)18/h2-7H,8H2. The SMILES string of the molecule is [C]1=C2C3=C(c4cc[c]cc4)C4=C1C41CC=CC3=C21. The van der Waals surface area contributed by atoms with E-state index >= 15 is 0 Å². The van der Waals surface area contributed by atoms with E-state index in [2.05, 4.69) is 36.4 Å². The van der Waals surface area contributed by atoms with E-state index in [4.69, 9.17) is 0 Å². The molecule has 1 aromatic rings. The van der Waals surface area contributed by atoms with Gasteiger partial charge in [-0.2, -0.15) is 0 Å². The Labute approximate surface area is 105 Å². The summed E-state index contributed by atoms with van der Waals surface area (Å²) in [4.78, 5) is 0. The van der Waals surface area contributed by atoms with Crippen LogP contribution in [0.2, 0.25) is 0 Å². The minimum atomic E-state index is 0.288. The van der Waals surface area contributed by atoms with Crippen LogP contribution >= 0.6 is 0 Å². The summed E-state index contributed by atoms with van der Waals surface area (Å²) in [6, 6.07) is 11.5. The Morgan fingerprint density at radius 3 is 2.83 bits per heavy atom. The number of rotatable bonds is 1. The molecular weight excluding hydrogens is 216 g/mol. The van der Waals surface area contributed by atoms with Gasteiger partial charge in [-0.25, -0.2) is 0 Å². The first-order valence-electron chi connectivity index (χ1n) is 6.46. The fourth-order valence-corrected chi connectivity index (χ4v) is 4.28. The molecule has 6 aliphatic carbocycles. The van der Waals surface area contributed by atoms with Gasteiger partial charge in [0, 0.05) is 0 Å². The van der Waals surface area contributed by atoms with Crippen LogP contribution in [0.3, 0.4) is 0 Å². The molecule has 0 aliphatic heterocycles. The first kappa shape index (κ1) is 8.10. The summed E-state index contributed by atoms with van der Waals surface area (Å²) in [6.45, 7) is 0. The van der Waals surface area contributed by atoms with E-state index in [1.54, 1.807) is 11.1 Å². The Balaban J connectivity index is 1.76. The van der Waals surface area contributed by atoms with Gasteiger partial charge in [-0.1, -0.05) is 36.4 Å². The molecule has 0 saturated heterocycles. The highest BCUT2D eigenvalue weighted by atomic mass is 14.7. The maximum absolute atomic E-state index is 3.62. The van der Waals surface area contributed by atoms with E-state index in [0.717, 1.165) is 6.42 Å². The lowest BCUT2D eigenvalue weighted by atomic mass is 9.60. The van der Waals surface area contributed by atoms with Crippen LogP contribution in [-0.4, -0.2) is 0 Å². The van der Waals surface area contributed by atoms with E-state index in [9.17, 15) is 0 Å². The minimum absolute atomic E-state index is 0.288. The average molecular weight is 224 g/mol. The van der Waals surface area contributed by atoms with Crippen molar-refractivity contribution in [3.05, 3.63) is 87.6 Å². The summed E-state index contributed by atoms with van der Waals surface area (Å²) in [5.74, 6) is 0. The zero-order valence-corrected chi connectivity index (χ0v) is 9.67. The van der Waals surface area contributed by atoms with Gasteiger partial charge in [0.15, 0.2) is 0 Å². The summed E-state index contributed by atoms with van der Waals surface area (Å²) in [6.07, 6.45) is 9.43. The van der Waals surface area contributed by atoms with Gasteiger partial charge in [-0.3, -0.25) is 0 Å². The molecule has 0 fully saturated rings. The second kappa shape index (κ2) is 2.12. The van der Waals surface area contributed by atoms with Crippen LogP contribution in [0.15, 0.2) is 69.9 Å². The molecule has 1 atom stereocenters. The van der Waals surface area contributed by atoms with Gasteiger partial charge in [-0.15, -0.1) is 0 Å². The molecular formula is C18H8. The lowest BCUT2D eigenvalue weighted by Crippen LogP contribution is -2.28. The molecule has 5 bridgehead atoms. The fourth-order valence-electron chi connectivity index (χ4n) is 4.28. The zero-order chi connectivity index (χ0) is 11.5. The number of hydrogen-bond donors (Lipinski definition) is 0. The Morgan fingerprint density at radius 2 is 1.94 bits per heavy atom. The monoisotopic (exact) mass is 224 g/mol. The third-order valence-corrected chi connectivity index (χ3v) is 4.97. The Bertz CT molecular complexity index is 822. The highest BCUT2D eigenvalue weighted by molar-refractivity contribution is 6.10. The van der Waals surface area contributed by atoms with Gasteiger partial charge in [-0.05, 0) is 63.1 Å². The van der Waals surface area contributed by atoms with Crippen molar-refractivity contribution < 1.29 is 0 Å². The summed E-state index contributed by atoms with van der Waals surface area (Å²) < 4.78 is 0. The summed E-state index contributed by atoms with van der Waals surface area (Å²) >= 11 is 0. The maximum Gasteiger partial charge on any atom is 0.0517 e. The highest BCUT2D eigenvalue weighted by Gasteiger charge is 2.68. The first-order chi connectivity index (χ1) is 8.93. The van der Waals surface area contributed by atoms with Crippen LogP contribution in [0, 0.1) is 17.6 Å². The van der Waals surface area contributed by atoms with Gasteiger partial charge in [0.25, 0.3) is 0 Å². The molecule has 1 spiro atoms. The molecule has 2 radical (unpaired) electrons. The van der Waals surface area contributed by atoms with Crippen LogP contribution in [0.1, 0.15) is 12.0 Å². The molecule has 1 aromatic carbocycles. The Hall–Kier alpha value is -2.08. The molecule has 0 heterocycles. The first-order valence-corrected chi connectivity index (χ1v) is 6.46. The predicted molar refractivity (Wildman–Crippen MR) is 69.2 cm³/mol. The third kappa shape index (κ3) is 0.551. The maximum atomic E-state index is 3.62. The van der Waals surface area contributed by atoms with Crippen LogP contribution in [0.25, 0.3) is 5.57 Å². The molecule has 0 aromatic heterocycles. The fraction of sp³-hybridized carbons (Fsp3) is 0.111. The average Bonchev–Trinajstić information content (AvgIpc) is 2.94. The van der Waals surface area contributed by atoms with Gasteiger partial charge >= 0.3 is 0 Å². The van der Waals surface area contributed by atoms with Crippen LogP contribution in [0.5, 0.6) is 0 Å². The van der Waals surface area contributed by atoms with Gasteiger partial charge in [0.2, 0.25) is 0 Å². The summed E-state index contributed by atoms with van der Waals surface area (Å²) in [5, 5.41) is 0. The molecule has 0 heteroatoms. The van der Waals surface area contributed by atoms with Crippen molar-refractivity contribution in [3.63, 3.8) is 0 Å². The third-order valence-electron chi connectivity index (χ3n) is 4.97. The molecule has 0 saturated carbocycles. The molecule has 7 rings (SSSR count). The smallest absolute Gasteiger partial charge is 0.0517 e.